The highest BCUT2D eigenvalue weighted by molar-refractivity contribution is 7.13. The van der Waals surface area contributed by atoms with Crippen LogP contribution in [-0.2, 0) is 13.1 Å². The van der Waals surface area contributed by atoms with Crippen molar-refractivity contribution >= 4 is 22.9 Å². The van der Waals surface area contributed by atoms with Gasteiger partial charge in [0.25, 0.3) is 0 Å². The molecule has 1 aromatic heterocycles. The fraction of sp³-hybridized carbons (Fsp3) is 0.318. The number of hydrogen-bond acceptors (Lipinski definition) is 4. The van der Waals surface area contributed by atoms with E-state index in [4.69, 9.17) is 16.6 Å². The zero-order valence-electron chi connectivity index (χ0n) is 15.6. The van der Waals surface area contributed by atoms with Crippen LogP contribution >= 0.6 is 22.9 Å². The summed E-state index contributed by atoms with van der Waals surface area (Å²) < 4.78 is 0. The Bertz CT molecular complexity index is 900. The molecular formula is C22H24ClN3S. The first-order valence-corrected chi connectivity index (χ1v) is 10.6. The Kier molecular flexibility index (Phi) is 5.89. The molecule has 0 amide bonds. The summed E-state index contributed by atoms with van der Waals surface area (Å²) in [5.74, 6) is 0. The van der Waals surface area contributed by atoms with Crippen LogP contribution in [0.1, 0.15) is 16.8 Å². The normalized spacial score (nSPS) is 15.9. The number of nitrogens with zero attached hydrogens (tertiary/aromatic N) is 3. The molecule has 27 heavy (non-hydrogen) atoms. The van der Waals surface area contributed by atoms with Gasteiger partial charge in [0.1, 0.15) is 5.01 Å². The number of thiazole rings is 1. The Labute approximate surface area is 170 Å². The molecule has 5 heteroatoms. The summed E-state index contributed by atoms with van der Waals surface area (Å²) in [7, 11) is 0. The Hall–Kier alpha value is -1.72. The molecule has 2 aromatic carbocycles. The second kappa shape index (κ2) is 8.53. The van der Waals surface area contributed by atoms with Crippen LogP contribution < -0.4 is 0 Å². The van der Waals surface area contributed by atoms with Crippen molar-refractivity contribution in [2.45, 2.75) is 20.0 Å². The van der Waals surface area contributed by atoms with E-state index < -0.39 is 0 Å². The molecule has 0 bridgehead atoms. The molecule has 1 fully saturated rings. The summed E-state index contributed by atoms with van der Waals surface area (Å²) in [6, 6.07) is 16.7. The van der Waals surface area contributed by atoms with Gasteiger partial charge in [0.2, 0.25) is 0 Å². The number of benzene rings is 2. The molecular weight excluding hydrogens is 374 g/mol. The topological polar surface area (TPSA) is 19.4 Å². The minimum atomic E-state index is 0.867. The maximum Gasteiger partial charge on any atom is 0.123 e. The van der Waals surface area contributed by atoms with Gasteiger partial charge >= 0.3 is 0 Å². The second-order valence-electron chi connectivity index (χ2n) is 7.16. The first-order valence-electron chi connectivity index (χ1n) is 9.37. The lowest BCUT2D eigenvalue weighted by Gasteiger charge is -2.34. The monoisotopic (exact) mass is 397 g/mol. The SMILES string of the molecule is Cc1cccc(-c2nc(CN3CCN(Cc4ccccc4Cl)CC3)cs2)c1. The highest BCUT2D eigenvalue weighted by atomic mass is 35.5. The predicted octanol–water partition coefficient (Wildman–Crippen LogP) is 5.09. The van der Waals surface area contributed by atoms with Gasteiger partial charge in [-0.1, -0.05) is 53.6 Å². The molecule has 0 atom stereocenters. The average Bonchev–Trinajstić information content (AvgIpc) is 3.14. The number of hydrogen-bond donors (Lipinski definition) is 0. The minimum absolute atomic E-state index is 0.867. The van der Waals surface area contributed by atoms with Gasteiger partial charge in [0.05, 0.1) is 5.69 Å². The van der Waals surface area contributed by atoms with Gasteiger partial charge in [-0.25, -0.2) is 4.98 Å². The van der Waals surface area contributed by atoms with E-state index in [2.05, 4.69) is 58.5 Å². The first kappa shape index (κ1) is 18.6. The van der Waals surface area contributed by atoms with Gasteiger partial charge in [-0.05, 0) is 24.6 Å². The Morgan fingerprint density at radius 2 is 1.70 bits per heavy atom. The van der Waals surface area contributed by atoms with E-state index in [1.165, 1.54) is 22.4 Å². The zero-order chi connectivity index (χ0) is 18.6. The Morgan fingerprint density at radius 3 is 2.44 bits per heavy atom. The summed E-state index contributed by atoms with van der Waals surface area (Å²) in [6.45, 7) is 8.27. The molecule has 1 aliphatic rings. The van der Waals surface area contributed by atoms with Crippen molar-refractivity contribution in [3.05, 3.63) is 75.8 Å². The average molecular weight is 398 g/mol. The van der Waals surface area contributed by atoms with Gasteiger partial charge in [-0.3, -0.25) is 9.80 Å². The summed E-state index contributed by atoms with van der Waals surface area (Å²) in [5.41, 5.74) is 4.89. The van der Waals surface area contributed by atoms with E-state index in [0.29, 0.717) is 0 Å². The summed E-state index contributed by atoms with van der Waals surface area (Å²) in [5, 5.41) is 4.19. The second-order valence-corrected chi connectivity index (χ2v) is 8.42. The molecule has 1 saturated heterocycles. The van der Waals surface area contributed by atoms with Crippen LogP contribution in [0.15, 0.2) is 53.9 Å². The zero-order valence-corrected chi connectivity index (χ0v) is 17.1. The molecule has 0 N–H and O–H groups in total. The lowest BCUT2D eigenvalue weighted by atomic mass is 10.1. The highest BCUT2D eigenvalue weighted by Crippen LogP contribution is 2.25. The van der Waals surface area contributed by atoms with E-state index in [-0.39, 0.29) is 0 Å². The molecule has 0 spiro atoms. The van der Waals surface area contributed by atoms with Gasteiger partial charge < -0.3 is 0 Å². The maximum atomic E-state index is 6.30. The van der Waals surface area contributed by atoms with Crippen LogP contribution in [0.4, 0.5) is 0 Å². The van der Waals surface area contributed by atoms with Crippen molar-refractivity contribution in [3.8, 4) is 10.6 Å². The molecule has 3 aromatic rings. The smallest absolute Gasteiger partial charge is 0.123 e. The van der Waals surface area contributed by atoms with Gasteiger partial charge in [0, 0.05) is 55.2 Å². The number of halogens is 1. The number of aryl methyl sites for hydroxylation is 1. The number of piperazine rings is 1. The molecule has 4 rings (SSSR count). The minimum Gasteiger partial charge on any atom is -0.296 e. The van der Waals surface area contributed by atoms with Crippen molar-refractivity contribution < 1.29 is 0 Å². The van der Waals surface area contributed by atoms with Gasteiger partial charge in [0.15, 0.2) is 0 Å². The van der Waals surface area contributed by atoms with Crippen LogP contribution in [-0.4, -0.2) is 41.0 Å². The molecule has 2 heterocycles. The third-order valence-electron chi connectivity index (χ3n) is 5.02. The molecule has 140 valence electrons. The van der Waals surface area contributed by atoms with E-state index in [9.17, 15) is 0 Å². The fourth-order valence-corrected chi connectivity index (χ4v) is 4.50. The Balaban J connectivity index is 1.31. The highest BCUT2D eigenvalue weighted by Gasteiger charge is 2.18. The third kappa shape index (κ3) is 4.77. The molecule has 0 saturated carbocycles. The predicted molar refractivity (Wildman–Crippen MR) is 114 cm³/mol. The molecule has 0 radical (unpaired) electrons. The van der Waals surface area contributed by atoms with Crippen LogP contribution in [0.2, 0.25) is 5.02 Å². The standard InChI is InChI=1S/C22H24ClN3S/c1-17-5-4-7-18(13-17)22-24-20(16-27-22)15-26-11-9-25(10-12-26)14-19-6-2-3-8-21(19)23/h2-8,13,16H,9-12,14-15H2,1H3. The lowest BCUT2D eigenvalue weighted by molar-refractivity contribution is 0.121. The van der Waals surface area contributed by atoms with Gasteiger partial charge in [-0.15, -0.1) is 11.3 Å². The van der Waals surface area contributed by atoms with E-state index in [1.54, 1.807) is 11.3 Å². The first-order chi connectivity index (χ1) is 13.2. The summed E-state index contributed by atoms with van der Waals surface area (Å²) in [4.78, 5) is 9.84. The Morgan fingerprint density at radius 1 is 0.963 bits per heavy atom. The largest absolute Gasteiger partial charge is 0.296 e. The lowest BCUT2D eigenvalue weighted by Crippen LogP contribution is -2.45. The molecule has 3 nitrogen and oxygen atoms in total. The van der Waals surface area contributed by atoms with Crippen molar-refractivity contribution in [2.24, 2.45) is 0 Å². The fourth-order valence-electron chi connectivity index (χ4n) is 3.49. The van der Waals surface area contributed by atoms with Crippen LogP contribution in [0.3, 0.4) is 0 Å². The summed E-state index contributed by atoms with van der Waals surface area (Å²) in [6.07, 6.45) is 0. The van der Waals surface area contributed by atoms with E-state index in [1.807, 2.05) is 12.1 Å². The van der Waals surface area contributed by atoms with E-state index in [0.717, 1.165) is 49.3 Å². The van der Waals surface area contributed by atoms with Crippen LogP contribution in [0, 0.1) is 6.92 Å². The van der Waals surface area contributed by atoms with Crippen LogP contribution in [0.5, 0.6) is 0 Å². The third-order valence-corrected chi connectivity index (χ3v) is 6.33. The molecule has 1 aliphatic heterocycles. The summed E-state index contributed by atoms with van der Waals surface area (Å²) >= 11 is 8.04. The maximum absolute atomic E-state index is 6.30. The van der Waals surface area contributed by atoms with Crippen LogP contribution in [0.25, 0.3) is 10.6 Å². The quantitative estimate of drug-likeness (QED) is 0.597. The number of aromatic nitrogens is 1. The van der Waals surface area contributed by atoms with Crippen molar-refractivity contribution in [2.75, 3.05) is 26.2 Å². The van der Waals surface area contributed by atoms with Crippen molar-refractivity contribution in [1.29, 1.82) is 0 Å². The number of rotatable bonds is 5. The van der Waals surface area contributed by atoms with E-state index >= 15 is 0 Å². The molecule has 0 unspecified atom stereocenters. The van der Waals surface area contributed by atoms with Crippen molar-refractivity contribution in [3.63, 3.8) is 0 Å². The van der Waals surface area contributed by atoms with Crippen molar-refractivity contribution in [1.82, 2.24) is 14.8 Å². The van der Waals surface area contributed by atoms with Gasteiger partial charge in [-0.2, -0.15) is 0 Å². The molecule has 0 aliphatic carbocycles.